The van der Waals surface area contributed by atoms with Gasteiger partial charge in [-0.2, -0.15) is 0 Å². The minimum absolute atomic E-state index is 0.210. The van der Waals surface area contributed by atoms with Gasteiger partial charge in [-0.1, -0.05) is 0 Å². The van der Waals surface area contributed by atoms with Crippen LogP contribution in [0.4, 0.5) is 0 Å². The summed E-state index contributed by atoms with van der Waals surface area (Å²) in [7, 11) is 0. The zero-order valence-corrected chi connectivity index (χ0v) is 9.04. The lowest BCUT2D eigenvalue weighted by Gasteiger charge is -2.28. The number of ether oxygens (including phenoxy) is 1. The van der Waals surface area contributed by atoms with Crippen molar-refractivity contribution in [3.8, 4) is 0 Å². The first-order chi connectivity index (χ1) is 6.38. The zero-order valence-electron chi connectivity index (χ0n) is 9.04. The molecule has 0 aliphatic carbocycles. The lowest BCUT2D eigenvalue weighted by molar-refractivity contribution is -0.161. The van der Waals surface area contributed by atoms with Gasteiger partial charge in [0.05, 0.1) is 12.0 Å². The van der Waals surface area contributed by atoms with Crippen molar-refractivity contribution in [2.45, 2.75) is 38.9 Å². The molecular formula is C10H19NO3. The Bertz CT molecular complexity index is 210. The molecule has 1 heterocycles. The summed E-state index contributed by atoms with van der Waals surface area (Å²) in [4.78, 5) is 11.6. The van der Waals surface area contributed by atoms with Gasteiger partial charge in [0.1, 0.15) is 5.60 Å². The van der Waals surface area contributed by atoms with Crippen molar-refractivity contribution in [3.63, 3.8) is 0 Å². The fourth-order valence-electron chi connectivity index (χ4n) is 1.48. The van der Waals surface area contributed by atoms with Crippen molar-refractivity contribution in [2.24, 2.45) is 5.92 Å². The molecule has 4 heteroatoms. The standard InChI is InChI=1S/C10H19NO3/c1-10(2,3)14-9(13)7-4-8(12)6-11-5-7/h7-8,11-12H,4-6H2,1-3H3. The van der Waals surface area contributed by atoms with Crippen molar-refractivity contribution in [1.82, 2.24) is 5.32 Å². The number of nitrogens with one attached hydrogen (secondary N) is 1. The molecular weight excluding hydrogens is 182 g/mol. The van der Waals surface area contributed by atoms with Gasteiger partial charge < -0.3 is 15.2 Å². The number of aliphatic hydroxyl groups is 1. The predicted molar refractivity (Wildman–Crippen MR) is 52.8 cm³/mol. The largest absolute Gasteiger partial charge is 0.460 e. The van der Waals surface area contributed by atoms with Crippen LogP contribution in [0.5, 0.6) is 0 Å². The molecule has 1 rings (SSSR count). The number of carbonyl (C=O) groups excluding carboxylic acids is 1. The van der Waals surface area contributed by atoms with E-state index in [1.165, 1.54) is 0 Å². The molecule has 0 saturated carbocycles. The van der Waals surface area contributed by atoms with E-state index in [4.69, 9.17) is 4.74 Å². The SMILES string of the molecule is CC(C)(C)OC(=O)C1CNCC(O)C1. The third-order valence-electron chi connectivity index (χ3n) is 2.07. The molecule has 0 aromatic heterocycles. The Balaban J connectivity index is 2.44. The van der Waals surface area contributed by atoms with Crippen LogP contribution in [-0.4, -0.2) is 35.9 Å². The highest BCUT2D eigenvalue weighted by Gasteiger charge is 2.29. The van der Waals surface area contributed by atoms with Crippen molar-refractivity contribution >= 4 is 5.97 Å². The van der Waals surface area contributed by atoms with E-state index >= 15 is 0 Å². The Morgan fingerprint density at radius 1 is 1.43 bits per heavy atom. The molecule has 0 aromatic rings. The van der Waals surface area contributed by atoms with E-state index in [0.29, 0.717) is 19.5 Å². The molecule has 0 radical (unpaired) electrons. The summed E-state index contributed by atoms with van der Waals surface area (Å²) >= 11 is 0. The molecule has 1 fully saturated rings. The van der Waals surface area contributed by atoms with Gasteiger partial charge >= 0.3 is 5.97 Å². The molecule has 0 spiro atoms. The summed E-state index contributed by atoms with van der Waals surface area (Å²) in [5, 5.41) is 12.4. The van der Waals surface area contributed by atoms with Gasteiger partial charge in [0.2, 0.25) is 0 Å². The summed E-state index contributed by atoms with van der Waals surface area (Å²) in [6.07, 6.45) is 0.0725. The Morgan fingerprint density at radius 2 is 2.07 bits per heavy atom. The Morgan fingerprint density at radius 3 is 2.57 bits per heavy atom. The van der Waals surface area contributed by atoms with E-state index in [2.05, 4.69) is 5.32 Å². The van der Waals surface area contributed by atoms with Crippen LogP contribution in [0.3, 0.4) is 0 Å². The number of β-amino-alcohol motifs (C(OH)–C–C–N with tert-alkyl or cyclic N) is 1. The van der Waals surface area contributed by atoms with Gasteiger partial charge in [-0.15, -0.1) is 0 Å². The van der Waals surface area contributed by atoms with Crippen molar-refractivity contribution in [3.05, 3.63) is 0 Å². The number of rotatable bonds is 1. The average molecular weight is 201 g/mol. The Kier molecular flexibility index (Phi) is 3.50. The molecule has 0 bridgehead atoms. The first-order valence-corrected chi connectivity index (χ1v) is 5.00. The highest BCUT2D eigenvalue weighted by atomic mass is 16.6. The van der Waals surface area contributed by atoms with Gasteiger partial charge in [0, 0.05) is 13.1 Å². The Hall–Kier alpha value is -0.610. The molecule has 2 N–H and O–H groups in total. The van der Waals surface area contributed by atoms with E-state index in [1.807, 2.05) is 20.8 Å². The molecule has 14 heavy (non-hydrogen) atoms. The topological polar surface area (TPSA) is 58.6 Å². The van der Waals surface area contributed by atoms with E-state index in [0.717, 1.165) is 0 Å². The number of esters is 1. The third-order valence-corrected chi connectivity index (χ3v) is 2.07. The molecule has 4 nitrogen and oxygen atoms in total. The van der Waals surface area contributed by atoms with E-state index < -0.39 is 11.7 Å². The van der Waals surface area contributed by atoms with Crippen LogP contribution in [0.15, 0.2) is 0 Å². The molecule has 0 aromatic carbocycles. The summed E-state index contributed by atoms with van der Waals surface area (Å²) < 4.78 is 5.24. The smallest absolute Gasteiger partial charge is 0.310 e. The summed E-state index contributed by atoms with van der Waals surface area (Å²) in [6, 6.07) is 0. The third kappa shape index (κ3) is 3.64. The van der Waals surface area contributed by atoms with Crippen LogP contribution in [0.1, 0.15) is 27.2 Å². The van der Waals surface area contributed by atoms with Gasteiger partial charge in [0.15, 0.2) is 0 Å². The molecule has 0 amide bonds. The molecule has 2 unspecified atom stereocenters. The summed E-state index contributed by atoms with van der Waals surface area (Å²) in [6.45, 7) is 6.71. The van der Waals surface area contributed by atoms with Crippen LogP contribution in [0, 0.1) is 5.92 Å². The normalized spacial score (nSPS) is 28.6. The summed E-state index contributed by atoms with van der Waals surface area (Å²) in [5.74, 6) is -0.429. The van der Waals surface area contributed by atoms with Crippen molar-refractivity contribution in [2.75, 3.05) is 13.1 Å². The molecule has 82 valence electrons. The number of carbonyl (C=O) groups is 1. The van der Waals surface area contributed by atoms with Gasteiger partial charge in [0.25, 0.3) is 0 Å². The van der Waals surface area contributed by atoms with Gasteiger partial charge in [-0.05, 0) is 27.2 Å². The average Bonchev–Trinajstić information content (AvgIpc) is 2.01. The number of hydrogen-bond acceptors (Lipinski definition) is 4. The lowest BCUT2D eigenvalue weighted by atomic mass is 9.97. The highest BCUT2D eigenvalue weighted by Crippen LogP contribution is 2.16. The van der Waals surface area contributed by atoms with E-state index in [9.17, 15) is 9.90 Å². The van der Waals surface area contributed by atoms with Crippen LogP contribution >= 0.6 is 0 Å². The maximum Gasteiger partial charge on any atom is 0.310 e. The number of piperidine rings is 1. The Labute approximate surface area is 84.6 Å². The zero-order chi connectivity index (χ0) is 10.8. The van der Waals surface area contributed by atoms with Crippen LogP contribution < -0.4 is 5.32 Å². The van der Waals surface area contributed by atoms with Crippen LogP contribution in [0.2, 0.25) is 0 Å². The monoisotopic (exact) mass is 201 g/mol. The molecule has 1 saturated heterocycles. The van der Waals surface area contributed by atoms with Crippen LogP contribution in [-0.2, 0) is 9.53 Å². The maximum absolute atomic E-state index is 11.6. The fourth-order valence-corrected chi connectivity index (χ4v) is 1.48. The first kappa shape index (κ1) is 11.5. The second-order valence-corrected chi connectivity index (χ2v) is 4.78. The highest BCUT2D eigenvalue weighted by molar-refractivity contribution is 5.73. The maximum atomic E-state index is 11.6. The quantitative estimate of drug-likeness (QED) is 0.599. The molecule has 1 aliphatic rings. The molecule has 2 atom stereocenters. The first-order valence-electron chi connectivity index (χ1n) is 5.00. The van der Waals surface area contributed by atoms with Crippen molar-refractivity contribution in [1.29, 1.82) is 0 Å². The number of hydrogen-bond donors (Lipinski definition) is 2. The number of aliphatic hydroxyl groups excluding tert-OH is 1. The fraction of sp³-hybridized carbons (Fsp3) is 0.900. The second-order valence-electron chi connectivity index (χ2n) is 4.78. The van der Waals surface area contributed by atoms with E-state index in [1.54, 1.807) is 0 Å². The van der Waals surface area contributed by atoms with Crippen LogP contribution in [0.25, 0.3) is 0 Å². The predicted octanol–water partition coefficient (Wildman–Crippen LogP) is 0.298. The minimum atomic E-state index is -0.445. The van der Waals surface area contributed by atoms with Crippen molar-refractivity contribution < 1.29 is 14.6 Å². The lowest BCUT2D eigenvalue weighted by Crippen LogP contribution is -2.44. The second kappa shape index (κ2) is 4.28. The minimum Gasteiger partial charge on any atom is -0.460 e. The molecule has 1 aliphatic heterocycles. The van der Waals surface area contributed by atoms with Gasteiger partial charge in [-0.25, -0.2) is 0 Å². The van der Waals surface area contributed by atoms with Gasteiger partial charge in [-0.3, -0.25) is 4.79 Å². The summed E-state index contributed by atoms with van der Waals surface area (Å²) in [5.41, 5.74) is -0.445. The van der Waals surface area contributed by atoms with E-state index in [-0.39, 0.29) is 11.9 Å².